The largest absolute Gasteiger partial charge is 0.375 e. The second kappa shape index (κ2) is 2.59. The molecule has 0 unspecified atom stereocenters. The molecule has 2 aliphatic rings. The van der Waals surface area contributed by atoms with E-state index in [1.165, 1.54) is 5.57 Å². The Kier molecular flexibility index (Phi) is 1.75. The Morgan fingerprint density at radius 1 is 1.38 bits per heavy atom. The van der Waals surface area contributed by atoms with E-state index in [2.05, 4.69) is 13.0 Å². The summed E-state index contributed by atoms with van der Waals surface area (Å²) in [7, 11) is 0. The fraction of sp³-hybridized carbons (Fsp3) is 0.727. The van der Waals surface area contributed by atoms with E-state index in [1.807, 2.05) is 6.07 Å². The Bertz CT molecular complexity index is 290. The van der Waals surface area contributed by atoms with Crippen LogP contribution in [-0.2, 0) is 0 Å². The summed E-state index contributed by atoms with van der Waals surface area (Å²) in [5.74, 6) is 0. The van der Waals surface area contributed by atoms with E-state index in [0.29, 0.717) is 18.3 Å². The fourth-order valence-corrected chi connectivity index (χ4v) is 2.45. The van der Waals surface area contributed by atoms with Gasteiger partial charge in [0.15, 0.2) is 5.60 Å². The van der Waals surface area contributed by atoms with Crippen LogP contribution >= 0.6 is 0 Å². The van der Waals surface area contributed by atoms with Crippen molar-refractivity contribution in [1.82, 2.24) is 0 Å². The summed E-state index contributed by atoms with van der Waals surface area (Å²) in [5, 5.41) is 18.5. The van der Waals surface area contributed by atoms with E-state index < -0.39 is 5.60 Å². The summed E-state index contributed by atoms with van der Waals surface area (Å²) in [6, 6.07) is 2.02. The maximum absolute atomic E-state index is 9.74. The number of allylic oxidation sites excluding steroid dienone is 2. The van der Waals surface area contributed by atoms with Gasteiger partial charge in [-0.1, -0.05) is 11.6 Å². The first-order chi connectivity index (χ1) is 6.10. The van der Waals surface area contributed by atoms with Crippen LogP contribution in [0.2, 0.25) is 0 Å². The molecule has 0 aliphatic heterocycles. The third kappa shape index (κ3) is 1.19. The average molecular weight is 177 g/mol. The van der Waals surface area contributed by atoms with Gasteiger partial charge >= 0.3 is 0 Å². The summed E-state index contributed by atoms with van der Waals surface area (Å²) in [4.78, 5) is 0. The van der Waals surface area contributed by atoms with Gasteiger partial charge in [-0.2, -0.15) is 5.26 Å². The number of nitriles is 1. The van der Waals surface area contributed by atoms with E-state index in [4.69, 9.17) is 5.26 Å². The van der Waals surface area contributed by atoms with Gasteiger partial charge in [0.25, 0.3) is 0 Å². The number of hydrogen-bond donors (Lipinski definition) is 1. The van der Waals surface area contributed by atoms with Crippen molar-refractivity contribution in [2.45, 2.75) is 44.6 Å². The van der Waals surface area contributed by atoms with Gasteiger partial charge < -0.3 is 5.11 Å². The molecule has 0 aromatic heterocycles. The lowest BCUT2D eigenvalue weighted by Crippen LogP contribution is -2.41. The zero-order chi connectivity index (χ0) is 9.53. The molecule has 0 bridgehead atoms. The molecule has 0 aromatic carbocycles. The Hall–Kier alpha value is -0.810. The minimum atomic E-state index is -1.03. The predicted molar refractivity (Wildman–Crippen MR) is 49.8 cm³/mol. The molecule has 0 saturated heterocycles. The van der Waals surface area contributed by atoms with Gasteiger partial charge in [0.05, 0.1) is 6.07 Å². The summed E-state index contributed by atoms with van der Waals surface area (Å²) < 4.78 is 0. The van der Waals surface area contributed by atoms with Crippen LogP contribution in [0.3, 0.4) is 0 Å². The number of nitrogens with zero attached hydrogens (tertiary/aromatic N) is 1. The van der Waals surface area contributed by atoms with Crippen molar-refractivity contribution < 1.29 is 5.11 Å². The lowest BCUT2D eigenvalue weighted by Gasteiger charge is -2.47. The fourth-order valence-electron chi connectivity index (χ4n) is 2.45. The lowest BCUT2D eigenvalue weighted by atomic mass is 9.59. The Morgan fingerprint density at radius 2 is 2.00 bits per heavy atom. The van der Waals surface area contributed by atoms with Crippen molar-refractivity contribution in [3.63, 3.8) is 0 Å². The molecule has 13 heavy (non-hydrogen) atoms. The molecule has 0 atom stereocenters. The monoisotopic (exact) mass is 177 g/mol. The third-order valence-corrected chi connectivity index (χ3v) is 3.88. The lowest BCUT2D eigenvalue weighted by molar-refractivity contribution is 0.0164. The first kappa shape index (κ1) is 8.77. The molecule has 70 valence electrons. The second-order valence-corrected chi connectivity index (χ2v) is 4.51. The molecule has 0 radical (unpaired) electrons. The average Bonchev–Trinajstić information content (AvgIpc) is 2.17. The van der Waals surface area contributed by atoms with Crippen LogP contribution in [0.5, 0.6) is 0 Å². The van der Waals surface area contributed by atoms with Crippen LogP contribution in [-0.4, -0.2) is 10.7 Å². The highest BCUT2D eigenvalue weighted by Gasteiger charge is 2.45. The van der Waals surface area contributed by atoms with Crippen LogP contribution < -0.4 is 0 Å². The molecule has 2 aliphatic carbocycles. The first-order valence-corrected chi connectivity index (χ1v) is 4.91. The Balaban J connectivity index is 2.06. The molecule has 0 heterocycles. The molecule has 1 N–H and O–H groups in total. The third-order valence-electron chi connectivity index (χ3n) is 3.88. The standard InChI is InChI=1S/C11H15NO/c1-9-2-3-10(9)4-6-11(13,8-12)7-5-10/h2,13H,3-7H2,1H3. The van der Waals surface area contributed by atoms with Crippen LogP contribution in [0.15, 0.2) is 11.6 Å². The highest BCUT2D eigenvalue weighted by Crippen LogP contribution is 2.53. The molecule has 2 nitrogen and oxygen atoms in total. The molecule has 2 rings (SSSR count). The van der Waals surface area contributed by atoms with E-state index in [9.17, 15) is 5.11 Å². The maximum Gasteiger partial charge on any atom is 0.151 e. The van der Waals surface area contributed by atoms with Gasteiger partial charge in [-0.05, 0) is 44.4 Å². The molecule has 1 spiro atoms. The van der Waals surface area contributed by atoms with Crippen molar-refractivity contribution in [2.24, 2.45) is 5.41 Å². The molecule has 0 amide bonds. The highest BCUT2D eigenvalue weighted by molar-refractivity contribution is 5.26. The quantitative estimate of drug-likeness (QED) is 0.455. The van der Waals surface area contributed by atoms with Crippen molar-refractivity contribution in [3.05, 3.63) is 11.6 Å². The number of hydrogen-bond acceptors (Lipinski definition) is 2. The summed E-state index contributed by atoms with van der Waals surface area (Å²) in [6.07, 6.45) is 6.68. The van der Waals surface area contributed by atoms with Crippen LogP contribution in [0, 0.1) is 16.7 Å². The second-order valence-electron chi connectivity index (χ2n) is 4.51. The Labute approximate surface area is 78.9 Å². The normalized spacial score (nSPS) is 43.6. The van der Waals surface area contributed by atoms with Crippen molar-refractivity contribution >= 4 is 0 Å². The molecule has 1 saturated carbocycles. The molecule has 1 fully saturated rings. The zero-order valence-electron chi connectivity index (χ0n) is 8.01. The molecular weight excluding hydrogens is 162 g/mol. The highest BCUT2D eigenvalue weighted by atomic mass is 16.3. The summed E-state index contributed by atoms with van der Waals surface area (Å²) in [5.41, 5.74) is 0.803. The maximum atomic E-state index is 9.74. The zero-order valence-corrected chi connectivity index (χ0v) is 8.01. The van der Waals surface area contributed by atoms with Gasteiger partial charge in [0.2, 0.25) is 0 Å². The van der Waals surface area contributed by atoms with Gasteiger partial charge in [-0.15, -0.1) is 0 Å². The summed E-state index contributed by atoms with van der Waals surface area (Å²) in [6.45, 7) is 2.17. The van der Waals surface area contributed by atoms with Crippen LogP contribution in [0.25, 0.3) is 0 Å². The SMILES string of the molecule is CC1=CCC12CCC(O)(C#N)CC2. The van der Waals surface area contributed by atoms with Crippen molar-refractivity contribution in [3.8, 4) is 6.07 Å². The van der Waals surface area contributed by atoms with Gasteiger partial charge in [-0.25, -0.2) is 0 Å². The van der Waals surface area contributed by atoms with Crippen LogP contribution in [0.4, 0.5) is 0 Å². The molecular formula is C11H15NO. The number of rotatable bonds is 0. The topological polar surface area (TPSA) is 44.0 Å². The minimum Gasteiger partial charge on any atom is -0.375 e. The van der Waals surface area contributed by atoms with Crippen molar-refractivity contribution in [1.29, 1.82) is 5.26 Å². The van der Waals surface area contributed by atoms with Gasteiger partial charge in [0, 0.05) is 0 Å². The summed E-state index contributed by atoms with van der Waals surface area (Å²) >= 11 is 0. The van der Waals surface area contributed by atoms with Crippen LogP contribution in [0.1, 0.15) is 39.0 Å². The minimum absolute atomic E-state index is 0.364. The van der Waals surface area contributed by atoms with Gasteiger partial charge in [-0.3, -0.25) is 0 Å². The van der Waals surface area contributed by atoms with E-state index >= 15 is 0 Å². The van der Waals surface area contributed by atoms with Gasteiger partial charge in [0.1, 0.15) is 0 Å². The molecule has 0 aromatic rings. The van der Waals surface area contributed by atoms with E-state index in [-0.39, 0.29) is 0 Å². The Morgan fingerprint density at radius 3 is 2.31 bits per heavy atom. The smallest absolute Gasteiger partial charge is 0.151 e. The molecule has 2 heteroatoms. The number of aliphatic hydroxyl groups is 1. The van der Waals surface area contributed by atoms with E-state index in [0.717, 1.165) is 19.3 Å². The van der Waals surface area contributed by atoms with Crippen molar-refractivity contribution in [2.75, 3.05) is 0 Å². The van der Waals surface area contributed by atoms with E-state index in [1.54, 1.807) is 0 Å². The first-order valence-electron chi connectivity index (χ1n) is 4.91. The predicted octanol–water partition coefficient (Wildman–Crippen LogP) is 2.15.